The molecule has 1 atom stereocenters. The van der Waals surface area contributed by atoms with Gasteiger partial charge >= 0.3 is 0 Å². The summed E-state index contributed by atoms with van der Waals surface area (Å²) in [6.45, 7) is 6.02. The van der Waals surface area contributed by atoms with Crippen LogP contribution in [0.2, 0.25) is 0 Å². The number of rotatable bonds is 6. The van der Waals surface area contributed by atoms with Gasteiger partial charge in [0.2, 0.25) is 0 Å². The van der Waals surface area contributed by atoms with E-state index in [1.807, 2.05) is 6.92 Å². The lowest BCUT2D eigenvalue weighted by molar-refractivity contribution is 0.119. The van der Waals surface area contributed by atoms with Crippen LogP contribution in [0, 0.1) is 11.8 Å². The summed E-state index contributed by atoms with van der Waals surface area (Å²) in [7, 11) is 0. The summed E-state index contributed by atoms with van der Waals surface area (Å²) in [4.78, 5) is 0. The highest BCUT2D eigenvalue weighted by molar-refractivity contribution is 4.79. The molecule has 0 bridgehead atoms. The van der Waals surface area contributed by atoms with Gasteiger partial charge in [-0.05, 0) is 38.0 Å². The molecule has 0 aromatic carbocycles. The van der Waals surface area contributed by atoms with Crippen LogP contribution in [-0.4, -0.2) is 19.3 Å². The summed E-state index contributed by atoms with van der Waals surface area (Å²) >= 11 is 0. The Kier molecular flexibility index (Phi) is 6.22. The van der Waals surface area contributed by atoms with Crippen LogP contribution >= 0.6 is 0 Å². The van der Waals surface area contributed by atoms with Crippen LogP contribution in [0.5, 0.6) is 0 Å². The van der Waals surface area contributed by atoms with Crippen LogP contribution in [0.25, 0.3) is 0 Å². The molecule has 90 valence electrons. The van der Waals surface area contributed by atoms with Crippen molar-refractivity contribution in [2.45, 2.75) is 52.0 Å². The van der Waals surface area contributed by atoms with E-state index in [-0.39, 0.29) is 0 Å². The lowest BCUT2D eigenvalue weighted by Crippen LogP contribution is -2.42. The van der Waals surface area contributed by atoms with Gasteiger partial charge in [0.15, 0.2) is 0 Å². The van der Waals surface area contributed by atoms with Gasteiger partial charge < -0.3 is 4.74 Å². The van der Waals surface area contributed by atoms with E-state index in [1.165, 1.54) is 25.7 Å². The Morgan fingerprint density at radius 3 is 2.53 bits per heavy atom. The van der Waals surface area contributed by atoms with Crippen molar-refractivity contribution >= 4 is 0 Å². The molecule has 3 N–H and O–H groups in total. The highest BCUT2D eigenvalue weighted by atomic mass is 16.5. The second-order valence-electron chi connectivity index (χ2n) is 4.78. The molecule has 0 aromatic heterocycles. The maximum atomic E-state index is 5.61. The molecule has 0 aliphatic heterocycles. The molecule has 1 unspecified atom stereocenters. The van der Waals surface area contributed by atoms with Gasteiger partial charge in [-0.15, -0.1) is 0 Å². The summed E-state index contributed by atoms with van der Waals surface area (Å²) in [5, 5.41) is 0. The fourth-order valence-electron chi connectivity index (χ4n) is 2.50. The van der Waals surface area contributed by atoms with Crippen molar-refractivity contribution in [3.05, 3.63) is 0 Å². The molecule has 0 amide bonds. The molecule has 3 nitrogen and oxygen atoms in total. The third kappa shape index (κ3) is 4.49. The SMILES string of the molecule is CCOCCC(NN)C1CCC(C)CC1. The van der Waals surface area contributed by atoms with Crippen molar-refractivity contribution in [2.24, 2.45) is 17.7 Å². The Labute approximate surface area is 93.7 Å². The molecule has 0 radical (unpaired) electrons. The van der Waals surface area contributed by atoms with Gasteiger partial charge in [0.25, 0.3) is 0 Å². The van der Waals surface area contributed by atoms with Crippen LogP contribution < -0.4 is 11.3 Å². The number of nitrogens with two attached hydrogens (primary N) is 1. The van der Waals surface area contributed by atoms with Crippen molar-refractivity contribution in [1.82, 2.24) is 5.43 Å². The van der Waals surface area contributed by atoms with Gasteiger partial charge in [-0.3, -0.25) is 11.3 Å². The molecule has 0 saturated heterocycles. The molecule has 0 aromatic rings. The van der Waals surface area contributed by atoms with Crippen LogP contribution in [0.4, 0.5) is 0 Å². The van der Waals surface area contributed by atoms with Crippen molar-refractivity contribution in [3.63, 3.8) is 0 Å². The molecule has 1 saturated carbocycles. The highest BCUT2D eigenvalue weighted by Crippen LogP contribution is 2.31. The zero-order chi connectivity index (χ0) is 11.1. The summed E-state index contributed by atoms with van der Waals surface area (Å²) in [5.41, 5.74) is 2.97. The van der Waals surface area contributed by atoms with Gasteiger partial charge in [0, 0.05) is 19.3 Å². The Morgan fingerprint density at radius 2 is 2.00 bits per heavy atom. The standard InChI is InChI=1S/C12H26N2O/c1-3-15-9-8-12(14-13)11-6-4-10(2)5-7-11/h10-12,14H,3-9,13H2,1-2H3. The van der Waals surface area contributed by atoms with Crippen molar-refractivity contribution in [1.29, 1.82) is 0 Å². The Morgan fingerprint density at radius 1 is 1.33 bits per heavy atom. The molecular formula is C12H26N2O. The summed E-state index contributed by atoms with van der Waals surface area (Å²) < 4.78 is 5.38. The minimum Gasteiger partial charge on any atom is -0.382 e. The molecule has 1 aliphatic carbocycles. The number of hydrazine groups is 1. The Hall–Kier alpha value is -0.120. The minimum atomic E-state index is 0.448. The monoisotopic (exact) mass is 214 g/mol. The zero-order valence-electron chi connectivity index (χ0n) is 10.2. The van der Waals surface area contributed by atoms with E-state index in [1.54, 1.807) is 0 Å². The van der Waals surface area contributed by atoms with E-state index in [0.29, 0.717) is 6.04 Å². The van der Waals surface area contributed by atoms with Gasteiger partial charge in [-0.2, -0.15) is 0 Å². The molecule has 1 aliphatic rings. The number of ether oxygens (including phenoxy) is 1. The average Bonchev–Trinajstić information content (AvgIpc) is 2.26. The third-order valence-electron chi connectivity index (χ3n) is 3.62. The van der Waals surface area contributed by atoms with Crippen molar-refractivity contribution in [3.8, 4) is 0 Å². The molecule has 3 heteroatoms. The van der Waals surface area contributed by atoms with Crippen molar-refractivity contribution < 1.29 is 4.74 Å². The van der Waals surface area contributed by atoms with Crippen LogP contribution in [0.15, 0.2) is 0 Å². The first-order chi connectivity index (χ1) is 7.27. The third-order valence-corrected chi connectivity index (χ3v) is 3.62. The molecule has 0 heterocycles. The maximum Gasteiger partial charge on any atom is 0.0481 e. The van der Waals surface area contributed by atoms with E-state index in [2.05, 4.69) is 12.3 Å². The molecule has 1 rings (SSSR count). The Bertz CT molecular complexity index is 156. The Balaban J connectivity index is 2.24. The normalized spacial score (nSPS) is 29.0. The first kappa shape index (κ1) is 12.9. The largest absolute Gasteiger partial charge is 0.382 e. The van der Waals surface area contributed by atoms with Crippen LogP contribution in [-0.2, 0) is 4.74 Å². The zero-order valence-corrected chi connectivity index (χ0v) is 10.2. The topological polar surface area (TPSA) is 47.3 Å². The lowest BCUT2D eigenvalue weighted by atomic mass is 9.78. The molecular weight excluding hydrogens is 188 g/mol. The second kappa shape index (κ2) is 7.20. The van der Waals surface area contributed by atoms with E-state index in [4.69, 9.17) is 10.6 Å². The fraction of sp³-hybridized carbons (Fsp3) is 1.00. The van der Waals surface area contributed by atoms with Gasteiger partial charge in [-0.25, -0.2) is 0 Å². The highest BCUT2D eigenvalue weighted by Gasteiger charge is 2.24. The quantitative estimate of drug-likeness (QED) is 0.404. The van der Waals surface area contributed by atoms with Gasteiger partial charge in [-0.1, -0.05) is 19.8 Å². The summed E-state index contributed by atoms with van der Waals surface area (Å²) in [5.74, 6) is 7.28. The number of nitrogens with one attached hydrogen (secondary N) is 1. The van der Waals surface area contributed by atoms with E-state index < -0.39 is 0 Å². The maximum absolute atomic E-state index is 5.61. The van der Waals surface area contributed by atoms with E-state index in [9.17, 15) is 0 Å². The van der Waals surface area contributed by atoms with Crippen LogP contribution in [0.1, 0.15) is 46.0 Å². The predicted octanol–water partition coefficient (Wildman–Crippen LogP) is 2.07. The summed E-state index contributed by atoms with van der Waals surface area (Å²) in [6.07, 6.45) is 6.41. The first-order valence-electron chi connectivity index (χ1n) is 6.31. The molecule has 15 heavy (non-hydrogen) atoms. The van der Waals surface area contributed by atoms with Crippen molar-refractivity contribution in [2.75, 3.05) is 13.2 Å². The van der Waals surface area contributed by atoms with Gasteiger partial charge in [0.1, 0.15) is 0 Å². The first-order valence-corrected chi connectivity index (χ1v) is 6.31. The van der Waals surface area contributed by atoms with E-state index in [0.717, 1.165) is 31.5 Å². The summed E-state index contributed by atoms with van der Waals surface area (Å²) in [6, 6.07) is 0.448. The lowest BCUT2D eigenvalue weighted by Gasteiger charge is -2.32. The second-order valence-corrected chi connectivity index (χ2v) is 4.78. The molecule has 1 fully saturated rings. The predicted molar refractivity (Wildman–Crippen MR) is 63.3 cm³/mol. The van der Waals surface area contributed by atoms with Crippen LogP contribution in [0.3, 0.4) is 0 Å². The molecule has 0 spiro atoms. The number of hydrogen-bond acceptors (Lipinski definition) is 3. The number of hydrogen-bond donors (Lipinski definition) is 2. The van der Waals surface area contributed by atoms with E-state index >= 15 is 0 Å². The smallest absolute Gasteiger partial charge is 0.0481 e. The fourth-order valence-corrected chi connectivity index (χ4v) is 2.50. The minimum absolute atomic E-state index is 0.448. The average molecular weight is 214 g/mol. The van der Waals surface area contributed by atoms with Gasteiger partial charge in [0.05, 0.1) is 0 Å².